The van der Waals surface area contributed by atoms with Gasteiger partial charge in [0.2, 0.25) is 0 Å². The Bertz CT molecular complexity index is 388. The number of aliphatic carboxylic acids is 1. The summed E-state index contributed by atoms with van der Waals surface area (Å²) in [7, 11) is 4.05. The van der Waals surface area contributed by atoms with Crippen LogP contribution in [0.25, 0.3) is 0 Å². The molecule has 0 radical (unpaired) electrons. The Hall–Kier alpha value is -1.14. The molecule has 96 valence electrons. The molecule has 0 aliphatic heterocycles. The Labute approximate surface area is 105 Å². The highest BCUT2D eigenvalue weighted by molar-refractivity contribution is 7.13. The van der Waals surface area contributed by atoms with Gasteiger partial charge in [0, 0.05) is 17.5 Å². The van der Waals surface area contributed by atoms with Crippen LogP contribution in [-0.2, 0) is 11.2 Å². The molecule has 17 heavy (non-hydrogen) atoms. The molecule has 0 fully saturated rings. The fourth-order valence-electron chi connectivity index (χ4n) is 1.07. The molecular weight excluding hydrogens is 238 g/mol. The molecule has 0 saturated carbocycles. The molecule has 1 aromatic heterocycles. The second-order valence-electron chi connectivity index (χ2n) is 4.77. The van der Waals surface area contributed by atoms with Crippen LogP contribution in [0.4, 0.5) is 5.13 Å². The Kier molecular flexibility index (Phi) is 4.47. The van der Waals surface area contributed by atoms with Gasteiger partial charge in [-0.15, -0.1) is 11.3 Å². The number of carboxylic acid groups (broad SMARTS) is 1. The van der Waals surface area contributed by atoms with E-state index in [4.69, 9.17) is 5.11 Å². The van der Waals surface area contributed by atoms with E-state index >= 15 is 0 Å². The first-order valence-electron chi connectivity index (χ1n) is 5.39. The highest BCUT2D eigenvalue weighted by Gasteiger charge is 2.20. The molecule has 6 heteroatoms. The molecule has 0 amide bonds. The monoisotopic (exact) mass is 257 g/mol. The van der Waals surface area contributed by atoms with Crippen LogP contribution in [0.15, 0.2) is 5.38 Å². The first kappa shape index (κ1) is 13.9. The van der Waals surface area contributed by atoms with Crippen LogP contribution in [0, 0.1) is 0 Å². The minimum absolute atomic E-state index is 0.0186. The molecule has 1 rings (SSSR count). The molecule has 0 bridgehead atoms. The van der Waals surface area contributed by atoms with Crippen molar-refractivity contribution in [1.82, 2.24) is 9.88 Å². The molecule has 0 aliphatic carbocycles. The summed E-state index contributed by atoms with van der Waals surface area (Å²) >= 11 is 1.44. The Balaban J connectivity index is 2.53. The van der Waals surface area contributed by atoms with Gasteiger partial charge in [-0.2, -0.15) is 0 Å². The molecular formula is C11H19N3O2S. The number of nitrogens with zero attached hydrogens (tertiary/aromatic N) is 2. The standard InChI is InChI=1S/C11H19N3O2S/c1-11(2,14(3)4)7-12-10-13-8(6-17-10)5-9(15)16/h6H,5,7H2,1-4H3,(H,12,13)(H,15,16). The van der Waals surface area contributed by atoms with Crippen molar-refractivity contribution in [2.45, 2.75) is 25.8 Å². The molecule has 0 atom stereocenters. The fraction of sp³-hybridized carbons (Fsp3) is 0.636. The largest absolute Gasteiger partial charge is 0.481 e. The molecule has 0 saturated heterocycles. The van der Waals surface area contributed by atoms with Gasteiger partial charge >= 0.3 is 5.97 Å². The third kappa shape index (κ3) is 4.32. The minimum atomic E-state index is -0.851. The van der Waals surface area contributed by atoms with Crippen molar-refractivity contribution in [2.24, 2.45) is 0 Å². The van der Waals surface area contributed by atoms with Gasteiger partial charge in [0.15, 0.2) is 5.13 Å². The van der Waals surface area contributed by atoms with Crippen molar-refractivity contribution < 1.29 is 9.90 Å². The summed E-state index contributed by atoms with van der Waals surface area (Å²) in [5, 5.41) is 14.4. The normalized spacial score (nSPS) is 11.8. The summed E-state index contributed by atoms with van der Waals surface area (Å²) in [6.07, 6.45) is -0.0186. The second kappa shape index (κ2) is 5.46. The van der Waals surface area contributed by atoms with Gasteiger partial charge < -0.3 is 15.3 Å². The molecule has 0 spiro atoms. The average Bonchev–Trinajstić information content (AvgIpc) is 2.61. The van der Waals surface area contributed by atoms with Gasteiger partial charge in [-0.05, 0) is 27.9 Å². The number of rotatable bonds is 6. The van der Waals surface area contributed by atoms with Crippen molar-refractivity contribution in [1.29, 1.82) is 0 Å². The van der Waals surface area contributed by atoms with E-state index in [-0.39, 0.29) is 12.0 Å². The van der Waals surface area contributed by atoms with E-state index in [0.717, 1.165) is 11.7 Å². The topological polar surface area (TPSA) is 65.5 Å². The quantitative estimate of drug-likeness (QED) is 0.809. The summed E-state index contributed by atoms with van der Waals surface area (Å²) in [6.45, 7) is 5.03. The molecule has 2 N–H and O–H groups in total. The van der Waals surface area contributed by atoms with Gasteiger partial charge in [0.1, 0.15) is 0 Å². The van der Waals surface area contributed by atoms with Crippen LogP contribution < -0.4 is 5.32 Å². The predicted octanol–water partition coefficient (Wildman–Crippen LogP) is 1.52. The van der Waals surface area contributed by atoms with Crippen LogP contribution >= 0.6 is 11.3 Å². The summed E-state index contributed by atoms with van der Waals surface area (Å²) in [6, 6.07) is 0. The zero-order chi connectivity index (χ0) is 13.1. The number of hydrogen-bond donors (Lipinski definition) is 2. The maximum absolute atomic E-state index is 10.5. The van der Waals surface area contributed by atoms with E-state index in [0.29, 0.717) is 5.69 Å². The maximum Gasteiger partial charge on any atom is 0.309 e. The molecule has 5 nitrogen and oxygen atoms in total. The van der Waals surface area contributed by atoms with Crippen molar-refractivity contribution in [3.8, 4) is 0 Å². The Morgan fingerprint density at radius 3 is 2.76 bits per heavy atom. The number of thiazole rings is 1. The van der Waals surface area contributed by atoms with E-state index < -0.39 is 5.97 Å². The molecule has 1 heterocycles. The lowest BCUT2D eigenvalue weighted by atomic mass is 10.1. The number of carbonyl (C=O) groups is 1. The Morgan fingerprint density at radius 1 is 1.59 bits per heavy atom. The zero-order valence-corrected chi connectivity index (χ0v) is 11.5. The maximum atomic E-state index is 10.5. The summed E-state index contributed by atoms with van der Waals surface area (Å²) in [5.74, 6) is -0.851. The van der Waals surface area contributed by atoms with Crippen LogP contribution in [0.5, 0.6) is 0 Å². The van der Waals surface area contributed by atoms with Gasteiger partial charge in [0.25, 0.3) is 0 Å². The molecule has 0 unspecified atom stereocenters. The first-order chi connectivity index (χ1) is 7.81. The number of nitrogens with one attached hydrogen (secondary N) is 1. The van der Waals surface area contributed by atoms with Gasteiger partial charge in [-0.25, -0.2) is 4.98 Å². The fourth-order valence-corrected chi connectivity index (χ4v) is 1.78. The second-order valence-corrected chi connectivity index (χ2v) is 5.63. The van der Waals surface area contributed by atoms with Crippen LogP contribution in [0.3, 0.4) is 0 Å². The number of carboxylic acids is 1. The van der Waals surface area contributed by atoms with Crippen molar-refractivity contribution in [3.05, 3.63) is 11.1 Å². The third-order valence-electron chi connectivity index (χ3n) is 2.77. The summed E-state index contributed by atoms with van der Waals surface area (Å²) in [5.41, 5.74) is 0.631. The molecule has 0 aliphatic rings. The minimum Gasteiger partial charge on any atom is -0.481 e. The lowest BCUT2D eigenvalue weighted by Crippen LogP contribution is -2.44. The highest BCUT2D eigenvalue weighted by atomic mass is 32.1. The lowest BCUT2D eigenvalue weighted by molar-refractivity contribution is -0.136. The van der Waals surface area contributed by atoms with Crippen molar-refractivity contribution in [2.75, 3.05) is 26.0 Å². The van der Waals surface area contributed by atoms with E-state index in [1.165, 1.54) is 11.3 Å². The van der Waals surface area contributed by atoms with Gasteiger partial charge in [0.05, 0.1) is 12.1 Å². The van der Waals surface area contributed by atoms with Gasteiger partial charge in [-0.3, -0.25) is 4.79 Å². The molecule has 0 aromatic carbocycles. The lowest BCUT2D eigenvalue weighted by Gasteiger charge is -2.32. The number of anilines is 1. The smallest absolute Gasteiger partial charge is 0.309 e. The zero-order valence-electron chi connectivity index (χ0n) is 10.6. The van der Waals surface area contributed by atoms with Crippen LogP contribution in [0.1, 0.15) is 19.5 Å². The number of hydrogen-bond acceptors (Lipinski definition) is 5. The number of likely N-dealkylation sites (N-methyl/N-ethyl adjacent to an activating group) is 1. The van der Waals surface area contributed by atoms with E-state index in [9.17, 15) is 4.79 Å². The van der Waals surface area contributed by atoms with E-state index in [2.05, 4.69) is 29.0 Å². The third-order valence-corrected chi connectivity index (χ3v) is 3.62. The number of aromatic nitrogens is 1. The summed E-state index contributed by atoms with van der Waals surface area (Å²) < 4.78 is 0. The van der Waals surface area contributed by atoms with Gasteiger partial charge in [-0.1, -0.05) is 0 Å². The SMILES string of the molecule is CN(C)C(C)(C)CNc1nc(CC(=O)O)cs1. The first-order valence-corrected chi connectivity index (χ1v) is 6.27. The van der Waals surface area contributed by atoms with E-state index in [1.807, 2.05) is 14.1 Å². The highest BCUT2D eigenvalue weighted by Crippen LogP contribution is 2.18. The van der Waals surface area contributed by atoms with Crippen molar-refractivity contribution >= 4 is 22.4 Å². The average molecular weight is 257 g/mol. The van der Waals surface area contributed by atoms with Crippen LogP contribution in [-0.4, -0.2) is 47.1 Å². The Morgan fingerprint density at radius 2 is 2.24 bits per heavy atom. The van der Waals surface area contributed by atoms with Crippen molar-refractivity contribution in [3.63, 3.8) is 0 Å². The summed E-state index contributed by atoms with van der Waals surface area (Å²) in [4.78, 5) is 16.9. The van der Waals surface area contributed by atoms with Crippen LogP contribution in [0.2, 0.25) is 0 Å². The predicted molar refractivity (Wildman–Crippen MR) is 69.7 cm³/mol. The van der Waals surface area contributed by atoms with E-state index in [1.54, 1.807) is 5.38 Å². The molecule has 1 aromatic rings.